The van der Waals surface area contributed by atoms with Crippen molar-refractivity contribution in [2.45, 2.75) is 212 Å². The summed E-state index contributed by atoms with van der Waals surface area (Å²) in [6.45, 7) is 54.0. The molecule has 0 unspecified atom stereocenters. The fourth-order valence-electron chi connectivity index (χ4n) is 10.1. The first-order chi connectivity index (χ1) is 36.8. The Balaban J connectivity index is 0.000000802. The van der Waals surface area contributed by atoms with Gasteiger partial charge in [0.2, 0.25) is 0 Å². The molecular weight excluding hydrogens is 1110 g/mol. The molecule has 0 aliphatic carbocycles. The quantitative estimate of drug-likeness (QED) is 0.0631. The zero-order valence-electron chi connectivity index (χ0n) is 56.9. The van der Waals surface area contributed by atoms with Crippen LogP contribution >= 0.6 is 0 Å². The van der Waals surface area contributed by atoms with Crippen LogP contribution in [0.2, 0.25) is 0 Å². The summed E-state index contributed by atoms with van der Waals surface area (Å²) in [7, 11) is 0. The van der Waals surface area contributed by atoms with Gasteiger partial charge in [0, 0.05) is 94.1 Å². The van der Waals surface area contributed by atoms with E-state index in [1.54, 1.807) is 0 Å². The van der Waals surface area contributed by atoms with Crippen molar-refractivity contribution in [3.63, 3.8) is 0 Å². The van der Waals surface area contributed by atoms with Gasteiger partial charge in [-0.1, -0.05) is 198 Å². The minimum Gasteiger partial charge on any atom is -0.658 e. The van der Waals surface area contributed by atoms with E-state index in [1.165, 1.54) is 22.3 Å². The number of phenolic OH excluding ortho intramolecular Hbond substituents is 4. The molecule has 0 aromatic heterocycles. The molecule has 84 heavy (non-hydrogen) atoms. The summed E-state index contributed by atoms with van der Waals surface area (Å²) in [5, 5.41) is 78.7. The molecule has 466 valence electrons. The first-order valence-corrected chi connectivity index (χ1v) is 29.5. The zero-order valence-corrected chi connectivity index (χ0v) is 61.3. The maximum atomic E-state index is 11.2. The second-order valence-corrected chi connectivity index (χ2v) is 30.8. The molecule has 14 heteroatoms. The van der Waals surface area contributed by atoms with Crippen LogP contribution in [0.15, 0.2) is 48.5 Å². The third kappa shape index (κ3) is 24.3. The van der Waals surface area contributed by atoms with Crippen molar-refractivity contribution in [3.8, 4) is 23.0 Å². The fraction of sp³-hybridized carbons (Fsp3) is 0.629. The van der Waals surface area contributed by atoms with Gasteiger partial charge >= 0.3 is 23.1 Å². The molecule has 0 spiro atoms. The molecule has 0 amide bonds. The molecular formula is C70H114MgN8O4Zn-4. The molecule has 2 aliphatic rings. The predicted octanol–water partition coefficient (Wildman–Crippen LogP) is 15.3. The van der Waals surface area contributed by atoms with E-state index in [4.69, 9.17) is 21.3 Å². The molecule has 12 nitrogen and oxygen atoms in total. The number of rotatable bonds is 0. The summed E-state index contributed by atoms with van der Waals surface area (Å²) >= 11 is 0. The van der Waals surface area contributed by atoms with Gasteiger partial charge in [-0.05, 0) is 77.0 Å². The Morgan fingerprint density at radius 2 is 0.488 bits per heavy atom. The van der Waals surface area contributed by atoms with E-state index >= 15 is 0 Å². The van der Waals surface area contributed by atoms with E-state index in [9.17, 15) is 20.4 Å². The van der Waals surface area contributed by atoms with Crippen LogP contribution in [-0.4, -0.2) is 95.8 Å². The molecule has 0 radical (unpaired) electrons. The number of phenols is 4. The minimum absolute atomic E-state index is 0. The van der Waals surface area contributed by atoms with Gasteiger partial charge in [0.05, 0.1) is 0 Å². The number of benzene rings is 4. The van der Waals surface area contributed by atoms with Crippen LogP contribution in [0.1, 0.15) is 205 Å². The monoisotopic (exact) mass is 1220 g/mol. The number of nitrogens with one attached hydrogen (secondary N) is 4. The number of hydrogen-bond donors (Lipinski definition) is 8. The van der Waals surface area contributed by atoms with Gasteiger partial charge < -0.3 is 77.8 Å². The van der Waals surface area contributed by atoms with Crippen molar-refractivity contribution in [2.75, 3.05) is 52.4 Å². The average molecular weight is 1220 g/mol. The Kier molecular flexibility index (Phi) is 30.2. The Hall–Kier alpha value is -2.85. The summed E-state index contributed by atoms with van der Waals surface area (Å²) < 4.78 is 0. The third-order valence-corrected chi connectivity index (χ3v) is 15.5. The van der Waals surface area contributed by atoms with Crippen LogP contribution in [0.3, 0.4) is 0 Å². The second kappa shape index (κ2) is 32.1. The van der Waals surface area contributed by atoms with Gasteiger partial charge in [-0.15, -0.1) is 52.4 Å². The topological polar surface area (TPSA) is 185 Å². The summed E-state index contributed by atoms with van der Waals surface area (Å²) in [6.07, 6.45) is 0. The van der Waals surface area contributed by atoms with Crippen LogP contribution in [0.5, 0.6) is 23.0 Å². The number of nitrogens with zero attached hydrogens (tertiary/aromatic N) is 4. The van der Waals surface area contributed by atoms with Crippen LogP contribution in [0, 0.1) is 36.5 Å². The predicted molar refractivity (Wildman–Crippen MR) is 355 cm³/mol. The maximum absolute atomic E-state index is 11.2. The van der Waals surface area contributed by atoms with E-state index in [0.717, 1.165) is 70.7 Å². The van der Waals surface area contributed by atoms with Gasteiger partial charge in [-0.2, -0.15) is 0 Å². The third-order valence-electron chi connectivity index (χ3n) is 15.5. The molecule has 2 heterocycles. The van der Waals surface area contributed by atoms with E-state index in [-0.39, 0.29) is 101 Å². The average Bonchev–Trinajstić information content (AvgIpc) is 3.31. The van der Waals surface area contributed by atoms with Crippen LogP contribution in [-0.2, 0) is 93.5 Å². The molecule has 0 fully saturated rings. The van der Waals surface area contributed by atoms with Crippen molar-refractivity contribution in [1.29, 1.82) is 0 Å². The first kappa shape index (κ1) is 79.2. The molecule has 6 rings (SSSR count). The number of fused-ring (bicyclic) bond motifs is 8. The largest absolute Gasteiger partial charge is 2.00 e. The summed E-state index contributed by atoms with van der Waals surface area (Å²) in [5.74, 6) is 1.39. The number of aromatic hydroxyl groups is 4. The van der Waals surface area contributed by atoms with E-state index in [2.05, 4.69) is 208 Å². The van der Waals surface area contributed by atoms with Crippen molar-refractivity contribution in [1.82, 2.24) is 21.3 Å². The van der Waals surface area contributed by atoms with Gasteiger partial charge in [0.25, 0.3) is 0 Å². The van der Waals surface area contributed by atoms with Crippen molar-refractivity contribution in [2.24, 2.45) is 21.7 Å². The minimum atomic E-state index is -0.142. The zero-order chi connectivity index (χ0) is 59.9. The SMILES string of the molecule is CC1(C)CNCc2cc(C(C)(C)C)cc(c2O)CNCC(C)(C)CNCc2cc(C(C)(C)C)cc(c2O)CNC1.CC1(C)C[N-]Cc2cc(C(C)(C)C)cc(c2O)C[N-]CC(C)(C)C[N-]Cc2cc(C(C)(C)C)cc(c2O)C[N-]C1.[CH3-].[CH3-].[Mg+2].[Zn]. The maximum Gasteiger partial charge on any atom is 2.00 e. The Labute approximate surface area is 541 Å². The first-order valence-electron chi connectivity index (χ1n) is 29.5. The van der Waals surface area contributed by atoms with E-state index in [1.807, 2.05) is 0 Å². The summed E-state index contributed by atoms with van der Waals surface area (Å²) in [5.41, 5.74) is 11.6. The van der Waals surface area contributed by atoms with Gasteiger partial charge in [-0.25, -0.2) is 0 Å². The molecule has 2 aliphatic heterocycles. The smallest absolute Gasteiger partial charge is 0.658 e. The molecule has 0 atom stereocenters. The second-order valence-electron chi connectivity index (χ2n) is 30.8. The van der Waals surface area contributed by atoms with Crippen molar-refractivity contribution >= 4 is 23.1 Å². The van der Waals surface area contributed by atoms with Gasteiger partial charge in [0.1, 0.15) is 23.0 Å². The van der Waals surface area contributed by atoms with E-state index < -0.39 is 0 Å². The molecule has 0 saturated heterocycles. The molecule has 8 bridgehead atoms. The molecule has 4 aromatic rings. The van der Waals surface area contributed by atoms with Gasteiger partial charge in [0.15, 0.2) is 0 Å². The Bertz CT molecular complexity index is 2200. The van der Waals surface area contributed by atoms with Crippen LogP contribution < -0.4 is 21.3 Å². The van der Waals surface area contributed by atoms with Gasteiger partial charge in [-0.3, -0.25) is 0 Å². The standard InChI is InChI=1S/C34H56N4O2.C34H52N4O2.2CH3.Mg.Zn/c2*1-31(2,3)27-11-23-15-35-19-33(7,8)21-37-17-25-13-28(32(4,5)6)14-26(30(25)40)18-38-22-34(9,10)20-36-16-24(12-27)29(23)39;;;;/h11-14,35-40H,15-22H2,1-10H3;11-14,39-40H,15-22H2,1-10H3;2*1H3;;/q;-4;2*-1;+2;. The van der Waals surface area contributed by atoms with Crippen LogP contribution in [0.4, 0.5) is 0 Å². The normalized spacial score (nSPS) is 18.7. The molecule has 4 aromatic carbocycles. The van der Waals surface area contributed by atoms with Crippen molar-refractivity contribution < 1.29 is 39.9 Å². The molecule has 8 N–H and O–H groups in total. The fourth-order valence-corrected chi connectivity index (χ4v) is 10.1. The summed E-state index contributed by atoms with van der Waals surface area (Å²) in [6, 6.07) is 17.0. The van der Waals surface area contributed by atoms with Crippen LogP contribution in [0.25, 0.3) is 21.3 Å². The molecule has 0 saturated carbocycles. The Morgan fingerprint density at radius 1 is 0.321 bits per heavy atom. The van der Waals surface area contributed by atoms with E-state index in [0.29, 0.717) is 102 Å². The number of hydrogen-bond acceptors (Lipinski definition) is 8. The Morgan fingerprint density at radius 3 is 0.667 bits per heavy atom. The van der Waals surface area contributed by atoms with Crippen molar-refractivity contribution in [3.05, 3.63) is 151 Å². The summed E-state index contributed by atoms with van der Waals surface area (Å²) in [4.78, 5) is 0.